The summed E-state index contributed by atoms with van der Waals surface area (Å²) in [4.78, 5) is 0. The average molecular weight is 222 g/mol. The molecule has 0 bridgehead atoms. The van der Waals surface area contributed by atoms with Crippen molar-refractivity contribution in [1.82, 2.24) is 0 Å². The highest BCUT2D eigenvalue weighted by Gasteiger charge is 2.11. The number of hydrogen-bond acceptors (Lipinski definition) is 2. The molecule has 0 aliphatic heterocycles. The predicted molar refractivity (Wildman–Crippen MR) is 49.4 cm³/mol. The Labute approximate surface area is 81.3 Å². The molecule has 0 saturated carbocycles. The van der Waals surface area contributed by atoms with Gasteiger partial charge in [-0.2, -0.15) is 0 Å². The Morgan fingerprint density at radius 3 is 2.62 bits per heavy atom. The van der Waals surface area contributed by atoms with Crippen LogP contribution in [0.4, 0.5) is 4.39 Å². The molecule has 0 aliphatic carbocycles. The van der Waals surface area contributed by atoms with E-state index >= 15 is 0 Å². The molecule has 1 radical (unpaired) electrons. The third-order valence-corrected chi connectivity index (χ3v) is 2.45. The zero-order chi connectivity index (χ0) is 10.1. The minimum atomic E-state index is -3.47. The van der Waals surface area contributed by atoms with Gasteiger partial charge in [-0.05, 0) is 6.07 Å². The highest BCUT2D eigenvalue weighted by atomic mass is 35.5. The molecule has 0 amide bonds. The van der Waals surface area contributed by atoms with Crippen molar-refractivity contribution in [3.8, 4) is 0 Å². The van der Waals surface area contributed by atoms with Gasteiger partial charge in [-0.1, -0.05) is 23.7 Å². The van der Waals surface area contributed by atoms with E-state index in [-0.39, 0.29) is 10.6 Å². The Kier molecular flexibility index (Phi) is 2.93. The summed E-state index contributed by atoms with van der Waals surface area (Å²) in [5.74, 6) is -1.13. The first kappa shape index (κ1) is 10.5. The van der Waals surface area contributed by atoms with Crippen LogP contribution in [-0.2, 0) is 15.6 Å². The summed E-state index contributed by atoms with van der Waals surface area (Å²) >= 11 is 5.45. The molecular weight excluding hydrogens is 215 g/mol. The minimum absolute atomic E-state index is 0.0440. The van der Waals surface area contributed by atoms with E-state index in [2.05, 4.69) is 6.26 Å². The van der Waals surface area contributed by atoms with Crippen molar-refractivity contribution in [1.29, 1.82) is 0 Å². The zero-order valence-electron chi connectivity index (χ0n) is 6.63. The Morgan fingerprint density at radius 1 is 1.46 bits per heavy atom. The monoisotopic (exact) mass is 221 g/mol. The molecule has 0 heterocycles. The van der Waals surface area contributed by atoms with Crippen LogP contribution in [-0.4, -0.2) is 8.42 Å². The standard InChI is InChI=1S/C8H7ClFO2S/c1-13(11,12)5-6-3-2-4-7(9)8(6)10/h2-4H,1,5H2. The Hall–Kier alpha value is -0.610. The summed E-state index contributed by atoms with van der Waals surface area (Å²) in [6, 6.07) is 4.21. The fourth-order valence-electron chi connectivity index (χ4n) is 0.897. The average Bonchev–Trinajstić information content (AvgIpc) is 1.96. The van der Waals surface area contributed by atoms with Crippen molar-refractivity contribution in [2.24, 2.45) is 0 Å². The van der Waals surface area contributed by atoms with Gasteiger partial charge in [-0.15, -0.1) is 0 Å². The number of sulfone groups is 1. The fourth-order valence-corrected chi connectivity index (χ4v) is 1.79. The normalized spacial score (nSPS) is 11.6. The van der Waals surface area contributed by atoms with Crippen LogP contribution in [0.1, 0.15) is 5.56 Å². The summed E-state index contributed by atoms with van der Waals surface area (Å²) in [5, 5.41) is -0.0823. The molecule has 13 heavy (non-hydrogen) atoms. The first-order valence-corrected chi connectivity index (χ1v) is 5.59. The lowest BCUT2D eigenvalue weighted by atomic mass is 10.2. The SMILES string of the molecule is [CH2]S(=O)(=O)Cc1cccc(Cl)c1F. The third kappa shape index (κ3) is 2.97. The smallest absolute Gasteiger partial charge is 0.155 e. The van der Waals surface area contributed by atoms with Gasteiger partial charge in [0.1, 0.15) is 5.82 Å². The van der Waals surface area contributed by atoms with E-state index < -0.39 is 21.4 Å². The van der Waals surface area contributed by atoms with Crippen LogP contribution in [0.15, 0.2) is 18.2 Å². The second-order valence-corrected chi connectivity index (χ2v) is 4.78. The molecule has 2 nitrogen and oxygen atoms in total. The Morgan fingerprint density at radius 2 is 2.08 bits per heavy atom. The second kappa shape index (κ2) is 3.64. The van der Waals surface area contributed by atoms with Gasteiger partial charge in [0.05, 0.1) is 17.0 Å². The van der Waals surface area contributed by atoms with Gasteiger partial charge in [-0.3, -0.25) is 0 Å². The number of rotatable bonds is 2. The third-order valence-electron chi connectivity index (χ3n) is 1.41. The van der Waals surface area contributed by atoms with Crippen LogP contribution in [0.5, 0.6) is 0 Å². The van der Waals surface area contributed by atoms with E-state index in [0.29, 0.717) is 0 Å². The number of halogens is 2. The Bertz CT molecular complexity index is 414. The lowest BCUT2D eigenvalue weighted by Gasteiger charge is -2.01. The molecule has 0 spiro atoms. The van der Waals surface area contributed by atoms with Crippen LogP contribution < -0.4 is 0 Å². The van der Waals surface area contributed by atoms with Crippen LogP contribution >= 0.6 is 11.6 Å². The van der Waals surface area contributed by atoms with Gasteiger partial charge in [-0.25, -0.2) is 12.8 Å². The fraction of sp³-hybridized carbons (Fsp3) is 0.125. The first-order valence-electron chi connectivity index (χ1n) is 3.39. The maximum absolute atomic E-state index is 13.1. The van der Waals surface area contributed by atoms with E-state index in [9.17, 15) is 12.8 Å². The maximum Gasteiger partial charge on any atom is 0.155 e. The lowest BCUT2D eigenvalue weighted by Crippen LogP contribution is -2.00. The highest BCUT2D eigenvalue weighted by Crippen LogP contribution is 2.19. The van der Waals surface area contributed by atoms with E-state index in [1.807, 2.05) is 0 Å². The lowest BCUT2D eigenvalue weighted by molar-refractivity contribution is 0.594. The van der Waals surface area contributed by atoms with Crippen molar-refractivity contribution < 1.29 is 12.8 Å². The number of hydrogen-bond donors (Lipinski definition) is 0. The molecule has 0 unspecified atom stereocenters. The van der Waals surface area contributed by atoms with Gasteiger partial charge >= 0.3 is 0 Å². The van der Waals surface area contributed by atoms with Crippen molar-refractivity contribution in [3.63, 3.8) is 0 Å². The van der Waals surface area contributed by atoms with Crippen LogP contribution in [0, 0.1) is 12.1 Å². The molecule has 5 heteroatoms. The van der Waals surface area contributed by atoms with Crippen LogP contribution in [0.3, 0.4) is 0 Å². The zero-order valence-corrected chi connectivity index (χ0v) is 8.20. The molecular formula is C8H7ClFO2S. The largest absolute Gasteiger partial charge is 0.228 e. The van der Waals surface area contributed by atoms with Gasteiger partial charge in [0, 0.05) is 5.56 Å². The van der Waals surface area contributed by atoms with Gasteiger partial charge in [0.2, 0.25) is 0 Å². The quantitative estimate of drug-likeness (QED) is 0.767. The van der Waals surface area contributed by atoms with E-state index in [4.69, 9.17) is 11.6 Å². The summed E-state index contributed by atoms with van der Waals surface area (Å²) in [5.41, 5.74) is 0.0440. The van der Waals surface area contributed by atoms with Crippen molar-refractivity contribution in [2.75, 3.05) is 0 Å². The summed E-state index contributed by atoms with van der Waals surface area (Å²) < 4.78 is 34.6. The van der Waals surface area contributed by atoms with Crippen LogP contribution in [0.25, 0.3) is 0 Å². The molecule has 0 N–H and O–H groups in total. The molecule has 71 valence electrons. The summed E-state index contributed by atoms with van der Waals surface area (Å²) in [6.45, 7) is 0. The molecule has 1 rings (SSSR count). The molecule has 1 aromatic rings. The Balaban J connectivity index is 3.10. The molecule has 1 aromatic carbocycles. The summed E-state index contributed by atoms with van der Waals surface area (Å²) in [6.07, 6.45) is 2.90. The van der Waals surface area contributed by atoms with E-state index in [1.165, 1.54) is 18.2 Å². The van der Waals surface area contributed by atoms with Gasteiger partial charge < -0.3 is 0 Å². The van der Waals surface area contributed by atoms with Gasteiger partial charge in [0.25, 0.3) is 0 Å². The van der Waals surface area contributed by atoms with Crippen molar-refractivity contribution >= 4 is 21.4 Å². The second-order valence-electron chi connectivity index (χ2n) is 2.60. The van der Waals surface area contributed by atoms with Gasteiger partial charge in [0.15, 0.2) is 9.84 Å². The molecule has 0 saturated heterocycles. The number of benzene rings is 1. The topological polar surface area (TPSA) is 34.1 Å². The molecule has 0 aliphatic rings. The van der Waals surface area contributed by atoms with E-state index in [0.717, 1.165) is 0 Å². The van der Waals surface area contributed by atoms with Crippen molar-refractivity contribution in [2.45, 2.75) is 5.75 Å². The van der Waals surface area contributed by atoms with Crippen molar-refractivity contribution in [3.05, 3.63) is 40.9 Å². The highest BCUT2D eigenvalue weighted by molar-refractivity contribution is 7.91. The first-order chi connectivity index (χ1) is 5.90. The van der Waals surface area contributed by atoms with Crippen LogP contribution in [0.2, 0.25) is 5.02 Å². The predicted octanol–water partition coefficient (Wildman–Crippen LogP) is 2.19. The minimum Gasteiger partial charge on any atom is -0.228 e. The summed E-state index contributed by atoms with van der Waals surface area (Å²) in [7, 11) is -3.47. The molecule has 0 atom stereocenters. The molecule has 0 fully saturated rings. The molecule has 0 aromatic heterocycles. The van der Waals surface area contributed by atoms with E-state index in [1.54, 1.807) is 0 Å². The maximum atomic E-state index is 13.1.